The fourth-order valence-corrected chi connectivity index (χ4v) is 4.79. The van der Waals surface area contributed by atoms with E-state index in [0.717, 1.165) is 77.8 Å². The lowest BCUT2D eigenvalue weighted by molar-refractivity contribution is -0.111. The molecule has 3 heterocycles. The van der Waals surface area contributed by atoms with E-state index in [2.05, 4.69) is 34.1 Å². The minimum Gasteiger partial charge on any atom is -0.401 e. The Hall–Kier alpha value is -3.10. The van der Waals surface area contributed by atoms with E-state index in [9.17, 15) is 4.79 Å². The van der Waals surface area contributed by atoms with Crippen molar-refractivity contribution in [1.82, 2.24) is 19.9 Å². The second-order valence-corrected chi connectivity index (χ2v) is 9.52. The number of nitrogens with zero attached hydrogens (tertiary/aromatic N) is 3. The van der Waals surface area contributed by atoms with Gasteiger partial charge in [-0.05, 0) is 57.2 Å². The van der Waals surface area contributed by atoms with Crippen LogP contribution in [0.1, 0.15) is 44.7 Å². The number of hydrogen-bond donors (Lipinski definition) is 3. The maximum Gasteiger partial charge on any atom is 0.207 e. The van der Waals surface area contributed by atoms with Crippen LogP contribution in [0.3, 0.4) is 0 Å². The Kier molecular flexibility index (Phi) is 6.32. The van der Waals surface area contributed by atoms with Crippen LogP contribution < -0.4 is 16.9 Å². The van der Waals surface area contributed by atoms with Crippen LogP contribution in [-0.2, 0) is 21.6 Å². The van der Waals surface area contributed by atoms with E-state index in [1.165, 1.54) is 5.01 Å². The minimum atomic E-state index is -0.483. The Labute approximate surface area is 194 Å². The topological polar surface area (TPSA) is 111 Å². The van der Waals surface area contributed by atoms with Crippen molar-refractivity contribution in [2.75, 3.05) is 20.3 Å². The first-order valence-corrected chi connectivity index (χ1v) is 11.4. The first kappa shape index (κ1) is 23.1. The SMILES string of the molecule is C/C(N)=C(\c1cnc2c3ccc(C(C)(C)NC=O)cc3n(CC3CCOCC3)c2c1)N(C)N. The van der Waals surface area contributed by atoms with Crippen molar-refractivity contribution < 1.29 is 9.53 Å². The highest BCUT2D eigenvalue weighted by molar-refractivity contribution is 6.06. The first-order valence-electron chi connectivity index (χ1n) is 11.4. The maximum absolute atomic E-state index is 11.2. The monoisotopic (exact) mass is 450 g/mol. The molecule has 2 aromatic heterocycles. The molecule has 0 atom stereocenters. The standard InChI is InChI=1S/C25H34N6O2/c1-16(26)24(30(4)27)18-11-22-23(28-13-18)20-6-5-19(25(2,3)29-15-32)12-21(20)31(22)14-17-7-9-33-10-8-17/h5-6,11-13,15,17H,7-10,14,26-27H2,1-4H3,(H,29,32)/b24-16-. The van der Waals surface area contributed by atoms with Crippen molar-refractivity contribution in [3.63, 3.8) is 0 Å². The van der Waals surface area contributed by atoms with Crippen LogP contribution in [0.25, 0.3) is 27.6 Å². The largest absolute Gasteiger partial charge is 0.401 e. The second-order valence-electron chi connectivity index (χ2n) is 9.52. The molecule has 1 aliphatic rings. The molecule has 0 radical (unpaired) electrons. The van der Waals surface area contributed by atoms with Crippen LogP contribution in [0.4, 0.5) is 0 Å². The van der Waals surface area contributed by atoms with Crippen LogP contribution >= 0.6 is 0 Å². The van der Waals surface area contributed by atoms with Gasteiger partial charge in [0.05, 0.1) is 27.8 Å². The molecule has 1 aromatic carbocycles. The lowest BCUT2D eigenvalue weighted by atomic mass is 9.93. The highest BCUT2D eigenvalue weighted by Crippen LogP contribution is 2.34. The van der Waals surface area contributed by atoms with Crippen molar-refractivity contribution >= 4 is 34.0 Å². The molecule has 0 spiro atoms. The van der Waals surface area contributed by atoms with E-state index >= 15 is 0 Å². The predicted octanol–water partition coefficient (Wildman–Crippen LogP) is 3.05. The van der Waals surface area contributed by atoms with Crippen molar-refractivity contribution in [3.8, 4) is 0 Å². The Bertz CT molecular complexity index is 1200. The fourth-order valence-electron chi connectivity index (χ4n) is 4.79. The van der Waals surface area contributed by atoms with Gasteiger partial charge in [-0.2, -0.15) is 0 Å². The molecule has 176 valence electrons. The zero-order valence-corrected chi connectivity index (χ0v) is 19.9. The van der Waals surface area contributed by atoms with Crippen molar-refractivity contribution in [2.24, 2.45) is 17.5 Å². The van der Waals surface area contributed by atoms with Gasteiger partial charge in [-0.3, -0.25) is 9.78 Å². The molecule has 8 nitrogen and oxygen atoms in total. The fraction of sp³-hybridized carbons (Fsp3) is 0.440. The van der Waals surface area contributed by atoms with E-state index < -0.39 is 5.54 Å². The molecule has 33 heavy (non-hydrogen) atoms. The van der Waals surface area contributed by atoms with Gasteiger partial charge in [0.15, 0.2) is 0 Å². The van der Waals surface area contributed by atoms with Gasteiger partial charge in [-0.1, -0.05) is 12.1 Å². The van der Waals surface area contributed by atoms with Gasteiger partial charge in [0.2, 0.25) is 6.41 Å². The average Bonchev–Trinajstić information content (AvgIpc) is 3.06. The zero-order chi connectivity index (χ0) is 23.8. The van der Waals surface area contributed by atoms with Gasteiger partial charge >= 0.3 is 0 Å². The molecule has 0 bridgehead atoms. The van der Waals surface area contributed by atoms with Crippen LogP contribution in [0.15, 0.2) is 36.2 Å². The minimum absolute atomic E-state index is 0.483. The molecule has 0 aliphatic carbocycles. The summed E-state index contributed by atoms with van der Waals surface area (Å²) in [6.07, 6.45) is 4.65. The maximum atomic E-state index is 11.2. The van der Waals surface area contributed by atoms with Gasteiger partial charge in [0, 0.05) is 49.6 Å². The predicted molar refractivity (Wildman–Crippen MR) is 132 cm³/mol. The summed E-state index contributed by atoms with van der Waals surface area (Å²) in [7, 11) is 1.78. The van der Waals surface area contributed by atoms with Crippen molar-refractivity contribution in [3.05, 3.63) is 47.3 Å². The zero-order valence-electron chi connectivity index (χ0n) is 19.9. The lowest BCUT2D eigenvalue weighted by Crippen LogP contribution is -2.35. The number of carbonyl (C=O) groups excluding carboxylic acids is 1. The highest BCUT2D eigenvalue weighted by Gasteiger charge is 2.24. The number of nitrogens with one attached hydrogen (secondary N) is 1. The number of hydrazine groups is 1. The van der Waals surface area contributed by atoms with E-state index in [1.807, 2.05) is 27.0 Å². The third-order valence-electron chi connectivity index (χ3n) is 6.62. The average molecular weight is 451 g/mol. The van der Waals surface area contributed by atoms with Crippen LogP contribution in [-0.4, -0.2) is 41.2 Å². The van der Waals surface area contributed by atoms with Gasteiger partial charge in [0.1, 0.15) is 0 Å². The number of aromatic nitrogens is 2. The molecule has 1 saturated heterocycles. The number of allylic oxidation sites excluding steroid dienone is 1. The Morgan fingerprint density at radius 1 is 1.30 bits per heavy atom. The quantitative estimate of drug-likeness (QED) is 0.290. The number of nitrogens with two attached hydrogens (primary N) is 2. The summed E-state index contributed by atoms with van der Waals surface area (Å²) in [6, 6.07) is 8.47. The summed E-state index contributed by atoms with van der Waals surface area (Å²) >= 11 is 0. The summed E-state index contributed by atoms with van der Waals surface area (Å²) in [6.45, 7) is 8.31. The molecule has 1 fully saturated rings. The number of carbonyl (C=O) groups is 1. The number of rotatable bonds is 7. The number of amides is 1. The number of ether oxygens (including phenoxy) is 1. The van der Waals surface area contributed by atoms with E-state index in [1.54, 1.807) is 7.05 Å². The first-order chi connectivity index (χ1) is 15.7. The van der Waals surface area contributed by atoms with E-state index in [4.69, 9.17) is 21.3 Å². The molecule has 5 N–H and O–H groups in total. The number of fused-ring (bicyclic) bond motifs is 3. The molecular formula is C25H34N6O2. The lowest BCUT2D eigenvalue weighted by Gasteiger charge is -2.26. The molecule has 8 heteroatoms. The summed E-state index contributed by atoms with van der Waals surface area (Å²) in [5, 5.41) is 5.55. The molecule has 3 aromatic rings. The molecule has 4 rings (SSSR count). The van der Waals surface area contributed by atoms with Crippen LogP contribution in [0.5, 0.6) is 0 Å². The van der Waals surface area contributed by atoms with Crippen LogP contribution in [0.2, 0.25) is 0 Å². The van der Waals surface area contributed by atoms with Crippen molar-refractivity contribution in [1.29, 1.82) is 0 Å². The Morgan fingerprint density at radius 3 is 2.67 bits per heavy atom. The Balaban J connectivity index is 1.94. The highest BCUT2D eigenvalue weighted by atomic mass is 16.5. The number of pyridine rings is 1. The van der Waals surface area contributed by atoms with Gasteiger partial charge < -0.3 is 25.4 Å². The molecule has 1 amide bonds. The number of benzene rings is 1. The summed E-state index contributed by atoms with van der Waals surface area (Å²) in [5.74, 6) is 6.61. The van der Waals surface area contributed by atoms with E-state index in [0.29, 0.717) is 11.6 Å². The Morgan fingerprint density at radius 2 is 2.03 bits per heavy atom. The smallest absolute Gasteiger partial charge is 0.207 e. The van der Waals surface area contributed by atoms with Crippen LogP contribution in [0, 0.1) is 5.92 Å². The molecule has 0 saturated carbocycles. The normalized spacial score (nSPS) is 16.2. The summed E-state index contributed by atoms with van der Waals surface area (Å²) < 4.78 is 7.94. The van der Waals surface area contributed by atoms with Gasteiger partial charge in [0.25, 0.3) is 0 Å². The molecule has 0 unspecified atom stereocenters. The van der Waals surface area contributed by atoms with Gasteiger partial charge in [-0.15, -0.1) is 0 Å². The number of hydrogen-bond acceptors (Lipinski definition) is 6. The molecular weight excluding hydrogens is 416 g/mol. The third-order valence-corrected chi connectivity index (χ3v) is 6.62. The third kappa shape index (κ3) is 4.41. The summed E-state index contributed by atoms with van der Waals surface area (Å²) in [5.41, 5.74) is 12.1. The summed E-state index contributed by atoms with van der Waals surface area (Å²) in [4.78, 5) is 16.0. The van der Waals surface area contributed by atoms with E-state index in [-0.39, 0.29) is 0 Å². The van der Waals surface area contributed by atoms with Crippen molar-refractivity contribution in [2.45, 2.75) is 45.7 Å². The molecule has 1 aliphatic heterocycles. The second kappa shape index (κ2) is 9.03. The van der Waals surface area contributed by atoms with Gasteiger partial charge in [-0.25, -0.2) is 5.84 Å².